The number of hydrogen-bond acceptors (Lipinski definition) is 3. The van der Waals surface area contributed by atoms with Crippen LogP contribution in [0.5, 0.6) is 0 Å². The largest absolute Gasteiger partial charge is 0.368 e. The first-order chi connectivity index (χ1) is 10.6. The smallest absolute Gasteiger partial charge is 0.159 e. The van der Waals surface area contributed by atoms with Crippen LogP contribution in [0.2, 0.25) is 0 Å². The van der Waals surface area contributed by atoms with Crippen LogP contribution in [0.3, 0.4) is 0 Å². The minimum absolute atomic E-state index is 0.121. The van der Waals surface area contributed by atoms with E-state index in [0.29, 0.717) is 0 Å². The van der Waals surface area contributed by atoms with Gasteiger partial charge in [-0.05, 0) is 55.8 Å². The first-order valence-corrected chi connectivity index (χ1v) is 7.81. The number of benzene rings is 2. The van der Waals surface area contributed by atoms with Crippen LogP contribution in [0.25, 0.3) is 0 Å². The number of piperazine rings is 1. The summed E-state index contributed by atoms with van der Waals surface area (Å²) in [4.78, 5) is 16.2. The number of ketones is 1. The van der Waals surface area contributed by atoms with E-state index in [2.05, 4.69) is 53.1 Å². The van der Waals surface area contributed by atoms with Gasteiger partial charge in [0.2, 0.25) is 0 Å². The summed E-state index contributed by atoms with van der Waals surface area (Å²) < 4.78 is 0. The van der Waals surface area contributed by atoms with Crippen molar-refractivity contribution in [3.63, 3.8) is 0 Å². The molecule has 1 aliphatic heterocycles. The first-order valence-electron chi connectivity index (χ1n) is 7.81. The number of carbonyl (C=O) groups excluding carboxylic acids is 1. The van der Waals surface area contributed by atoms with Gasteiger partial charge in [0, 0.05) is 43.1 Å². The molecule has 1 aliphatic rings. The normalized spacial score (nSPS) is 15.0. The van der Waals surface area contributed by atoms with Crippen LogP contribution >= 0.6 is 0 Å². The fraction of sp³-hybridized carbons (Fsp3) is 0.316. The molecule has 114 valence electrons. The molecule has 22 heavy (non-hydrogen) atoms. The third-order valence-corrected chi connectivity index (χ3v) is 4.29. The average Bonchev–Trinajstić information content (AvgIpc) is 2.55. The maximum atomic E-state index is 11.3. The minimum atomic E-state index is 0.121. The Morgan fingerprint density at radius 3 is 2.00 bits per heavy atom. The van der Waals surface area contributed by atoms with Gasteiger partial charge in [-0.2, -0.15) is 0 Å². The van der Waals surface area contributed by atoms with E-state index in [4.69, 9.17) is 0 Å². The number of hydrogen-bond donors (Lipinski definition) is 0. The summed E-state index contributed by atoms with van der Waals surface area (Å²) in [6.45, 7) is 7.81. The first kappa shape index (κ1) is 14.6. The molecule has 1 fully saturated rings. The van der Waals surface area contributed by atoms with Gasteiger partial charge in [-0.25, -0.2) is 0 Å². The second kappa shape index (κ2) is 6.22. The predicted octanol–water partition coefficient (Wildman–Crippen LogP) is 3.52. The van der Waals surface area contributed by atoms with Crippen molar-refractivity contribution < 1.29 is 4.79 Å². The number of Topliss-reactive ketones (excluding diaryl/α,β-unsaturated/α-hetero) is 1. The van der Waals surface area contributed by atoms with Gasteiger partial charge in [0.15, 0.2) is 5.78 Å². The molecule has 0 aliphatic carbocycles. The number of carbonyl (C=O) groups is 1. The minimum Gasteiger partial charge on any atom is -0.368 e. The van der Waals surface area contributed by atoms with Gasteiger partial charge in [0.05, 0.1) is 0 Å². The SMILES string of the molecule is CC(=O)c1ccc(N2CCN(c3cccc(C)c3)CC2)cc1. The van der Waals surface area contributed by atoms with E-state index >= 15 is 0 Å². The van der Waals surface area contributed by atoms with Gasteiger partial charge >= 0.3 is 0 Å². The van der Waals surface area contributed by atoms with E-state index < -0.39 is 0 Å². The number of anilines is 2. The second-order valence-corrected chi connectivity index (χ2v) is 5.92. The van der Waals surface area contributed by atoms with E-state index in [0.717, 1.165) is 31.7 Å². The Kier molecular flexibility index (Phi) is 4.14. The molecule has 0 N–H and O–H groups in total. The molecular weight excluding hydrogens is 272 g/mol. The van der Waals surface area contributed by atoms with Crippen LogP contribution in [0, 0.1) is 6.92 Å². The summed E-state index contributed by atoms with van der Waals surface area (Å²) in [5.41, 5.74) is 4.60. The Bertz CT molecular complexity index is 655. The molecule has 0 amide bonds. The third kappa shape index (κ3) is 3.14. The van der Waals surface area contributed by atoms with E-state index in [-0.39, 0.29) is 5.78 Å². The Hall–Kier alpha value is -2.29. The number of aryl methyl sites for hydroxylation is 1. The van der Waals surface area contributed by atoms with E-state index in [1.165, 1.54) is 16.9 Å². The molecule has 3 nitrogen and oxygen atoms in total. The standard InChI is InChI=1S/C19H22N2O/c1-15-4-3-5-19(14-15)21-12-10-20(11-13-21)18-8-6-17(7-9-18)16(2)22/h3-9,14H,10-13H2,1-2H3. The van der Waals surface area contributed by atoms with Gasteiger partial charge in [-0.15, -0.1) is 0 Å². The lowest BCUT2D eigenvalue weighted by Crippen LogP contribution is -2.46. The maximum absolute atomic E-state index is 11.3. The van der Waals surface area contributed by atoms with Gasteiger partial charge in [0.1, 0.15) is 0 Å². The summed E-state index contributed by atoms with van der Waals surface area (Å²) in [6, 6.07) is 16.6. The van der Waals surface area contributed by atoms with Crippen molar-refractivity contribution in [3.8, 4) is 0 Å². The molecule has 3 heteroatoms. The molecule has 2 aromatic carbocycles. The van der Waals surface area contributed by atoms with Crippen LogP contribution in [0.4, 0.5) is 11.4 Å². The lowest BCUT2D eigenvalue weighted by Gasteiger charge is -2.37. The summed E-state index contributed by atoms with van der Waals surface area (Å²) in [5.74, 6) is 0.121. The van der Waals surface area contributed by atoms with Crippen LogP contribution < -0.4 is 9.80 Å². The van der Waals surface area contributed by atoms with Crippen molar-refractivity contribution in [1.29, 1.82) is 0 Å². The van der Waals surface area contributed by atoms with Gasteiger partial charge < -0.3 is 9.80 Å². The van der Waals surface area contributed by atoms with Crippen molar-refractivity contribution in [2.45, 2.75) is 13.8 Å². The third-order valence-electron chi connectivity index (χ3n) is 4.29. The molecule has 0 bridgehead atoms. The molecule has 3 rings (SSSR count). The van der Waals surface area contributed by atoms with Gasteiger partial charge in [0.25, 0.3) is 0 Å². The van der Waals surface area contributed by atoms with Crippen molar-refractivity contribution in [2.24, 2.45) is 0 Å². The molecule has 0 spiro atoms. The average molecular weight is 294 g/mol. The van der Waals surface area contributed by atoms with E-state index in [9.17, 15) is 4.79 Å². The van der Waals surface area contributed by atoms with Crippen LogP contribution in [-0.2, 0) is 0 Å². The highest BCUT2D eigenvalue weighted by Gasteiger charge is 2.17. The highest BCUT2D eigenvalue weighted by Crippen LogP contribution is 2.21. The summed E-state index contributed by atoms with van der Waals surface area (Å²) in [6.07, 6.45) is 0. The quantitative estimate of drug-likeness (QED) is 0.809. The predicted molar refractivity (Wildman–Crippen MR) is 92.1 cm³/mol. The molecule has 0 atom stereocenters. The monoisotopic (exact) mass is 294 g/mol. The van der Waals surface area contributed by atoms with Crippen molar-refractivity contribution >= 4 is 17.2 Å². The zero-order chi connectivity index (χ0) is 15.5. The fourth-order valence-electron chi connectivity index (χ4n) is 2.95. The zero-order valence-corrected chi connectivity index (χ0v) is 13.2. The van der Waals surface area contributed by atoms with Crippen molar-refractivity contribution in [3.05, 3.63) is 59.7 Å². The lowest BCUT2D eigenvalue weighted by molar-refractivity contribution is 0.101. The number of rotatable bonds is 3. The zero-order valence-electron chi connectivity index (χ0n) is 13.2. The Labute approximate surface area is 132 Å². The van der Waals surface area contributed by atoms with Gasteiger partial charge in [-0.1, -0.05) is 12.1 Å². The topological polar surface area (TPSA) is 23.6 Å². The fourth-order valence-corrected chi connectivity index (χ4v) is 2.95. The molecule has 0 radical (unpaired) electrons. The highest BCUT2D eigenvalue weighted by atomic mass is 16.1. The Morgan fingerprint density at radius 2 is 1.45 bits per heavy atom. The second-order valence-electron chi connectivity index (χ2n) is 5.92. The lowest BCUT2D eigenvalue weighted by atomic mass is 10.1. The molecule has 2 aromatic rings. The maximum Gasteiger partial charge on any atom is 0.159 e. The van der Waals surface area contributed by atoms with Crippen molar-refractivity contribution in [2.75, 3.05) is 36.0 Å². The molecule has 0 saturated carbocycles. The van der Waals surface area contributed by atoms with Crippen LogP contribution in [-0.4, -0.2) is 32.0 Å². The Balaban J connectivity index is 1.65. The van der Waals surface area contributed by atoms with Crippen molar-refractivity contribution in [1.82, 2.24) is 0 Å². The van der Waals surface area contributed by atoms with Gasteiger partial charge in [-0.3, -0.25) is 4.79 Å². The molecule has 0 aromatic heterocycles. The van der Waals surface area contributed by atoms with E-state index in [1.54, 1.807) is 6.92 Å². The van der Waals surface area contributed by atoms with Crippen LogP contribution in [0.15, 0.2) is 48.5 Å². The summed E-state index contributed by atoms with van der Waals surface area (Å²) in [5, 5.41) is 0. The molecular formula is C19H22N2O. The van der Waals surface area contributed by atoms with E-state index in [1.807, 2.05) is 12.1 Å². The summed E-state index contributed by atoms with van der Waals surface area (Å²) in [7, 11) is 0. The van der Waals surface area contributed by atoms with Crippen LogP contribution in [0.1, 0.15) is 22.8 Å². The highest BCUT2D eigenvalue weighted by molar-refractivity contribution is 5.94. The number of nitrogens with zero attached hydrogens (tertiary/aromatic N) is 2. The molecule has 0 unspecified atom stereocenters. The molecule has 1 heterocycles. The summed E-state index contributed by atoms with van der Waals surface area (Å²) >= 11 is 0. The Morgan fingerprint density at radius 1 is 0.864 bits per heavy atom. The molecule has 1 saturated heterocycles.